The summed E-state index contributed by atoms with van der Waals surface area (Å²) in [5.74, 6) is 1.24. The zero-order valence-corrected chi connectivity index (χ0v) is 15.3. The van der Waals surface area contributed by atoms with Crippen molar-refractivity contribution < 1.29 is 14.3 Å². The number of carbonyl (C=O) groups is 1. The fourth-order valence-corrected chi connectivity index (χ4v) is 2.61. The van der Waals surface area contributed by atoms with Crippen LogP contribution in [0.1, 0.15) is 32.8 Å². The Labute approximate surface area is 149 Å². The van der Waals surface area contributed by atoms with Crippen LogP contribution in [-0.4, -0.2) is 19.7 Å². The number of hydrogen-bond acceptors (Lipinski definition) is 3. The molecule has 1 atom stereocenters. The normalized spacial score (nSPS) is 12.8. The third kappa shape index (κ3) is 4.66. The highest BCUT2D eigenvalue weighted by Gasteiger charge is 2.26. The second-order valence-corrected chi connectivity index (χ2v) is 5.93. The molecule has 1 unspecified atom stereocenters. The summed E-state index contributed by atoms with van der Waals surface area (Å²) < 4.78 is 10.8. The summed E-state index contributed by atoms with van der Waals surface area (Å²) >= 11 is 0. The van der Waals surface area contributed by atoms with Gasteiger partial charge in [-0.15, -0.1) is 0 Å². The molecule has 0 radical (unpaired) electrons. The fourth-order valence-electron chi connectivity index (χ4n) is 2.61. The Kier molecular flexibility index (Phi) is 6.28. The predicted octanol–water partition coefficient (Wildman–Crippen LogP) is 4.54. The maximum Gasteiger partial charge on any atom is 0.319 e. The van der Waals surface area contributed by atoms with Crippen molar-refractivity contribution in [3.05, 3.63) is 54.1 Å². The van der Waals surface area contributed by atoms with Crippen molar-refractivity contribution in [2.75, 3.05) is 19.0 Å². The predicted molar refractivity (Wildman–Crippen MR) is 100 cm³/mol. The molecule has 5 nitrogen and oxygen atoms in total. The van der Waals surface area contributed by atoms with Crippen LogP contribution < -0.4 is 20.1 Å². The summed E-state index contributed by atoms with van der Waals surface area (Å²) in [6, 6.07) is 15.0. The quantitative estimate of drug-likeness (QED) is 0.776. The highest BCUT2D eigenvalue weighted by Crippen LogP contribution is 2.30. The van der Waals surface area contributed by atoms with Gasteiger partial charge in [-0.1, -0.05) is 37.3 Å². The molecule has 25 heavy (non-hydrogen) atoms. The molecule has 0 saturated carbocycles. The van der Waals surface area contributed by atoms with Gasteiger partial charge in [-0.2, -0.15) is 0 Å². The summed E-state index contributed by atoms with van der Waals surface area (Å²) in [7, 11) is 1.59. The topological polar surface area (TPSA) is 59.6 Å². The van der Waals surface area contributed by atoms with Crippen molar-refractivity contribution in [2.45, 2.75) is 32.7 Å². The lowest BCUT2D eigenvalue weighted by Gasteiger charge is -2.30. The van der Waals surface area contributed by atoms with E-state index in [1.807, 2.05) is 51.1 Å². The van der Waals surface area contributed by atoms with E-state index in [1.54, 1.807) is 25.3 Å². The first-order valence-corrected chi connectivity index (χ1v) is 8.48. The Balaban J connectivity index is 2.12. The number of carbonyl (C=O) groups excluding carboxylic acids is 1. The van der Waals surface area contributed by atoms with E-state index in [1.165, 1.54) is 0 Å². The molecule has 0 spiro atoms. The number of urea groups is 1. The van der Waals surface area contributed by atoms with Gasteiger partial charge in [-0.3, -0.25) is 0 Å². The average Bonchev–Trinajstić information content (AvgIpc) is 2.63. The molecule has 5 heteroatoms. The maximum absolute atomic E-state index is 12.5. The van der Waals surface area contributed by atoms with Gasteiger partial charge < -0.3 is 20.1 Å². The zero-order valence-electron chi connectivity index (χ0n) is 15.3. The molecular weight excluding hydrogens is 316 g/mol. The number of methoxy groups -OCH3 is 1. The van der Waals surface area contributed by atoms with Crippen molar-refractivity contribution in [3.8, 4) is 11.5 Å². The van der Waals surface area contributed by atoms with E-state index >= 15 is 0 Å². The molecular formula is C20H26N2O3. The summed E-state index contributed by atoms with van der Waals surface area (Å²) in [4.78, 5) is 12.5. The molecule has 0 fully saturated rings. The second-order valence-electron chi connectivity index (χ2n) is 5.93. The number of hydrogen-bond donors (Lipinski definition) is 2. The Hall–Kier alpha value is -2.69. The molecule has 0 saturated heterocycles. The van der Waals surface area contributed by atoms with Crippen LogP contribution in [0.2, 0.25) is 0 Å². The standard InChI is InChI=1S/C20H26N2O3/c1-5-20(3,15-10-8-7-9-11-15)22-19(23)21-16-12-13-17(24-4)18(14-16)25-6-2/h7-14H,5-6H2,1-4H3,(H2,21,22,23). The van der Waals surface area contributed by atoms with Crippen LogP contribution in [-0.2, 0) is 5.54 Å². The number of rotatable bonds is 7. The van der Waals surface area contributed by atoms with Gasteiger partial charge >= 0.3 is 6.03 Å². The molecule has 0 heterocycles. The van der Waals surface area contributed by atoms with Crippen LogP contribution in [0.4, 0.5) is 10.5 Å². The van der Waals surface area contributed by atoms with Gasteiger partial charge in [0.05, 0.1) is 19.3 Å². The van der Waals surface area contributed by atoms with Gasteiger partial charge in [0, 0.05) is 11.8 Å². The second kappa shape index (κ2) is 8.42. The third-order valence-corrected chi connectivity index (χ3v) is 4.23. The monoisotopic (exact) mass is 342 g/mol. The van der Waals surface area contributed by atoms with Crippen molar-refractivity contribution in [1.82, 2.24) is 5.32 Å². The van der Waals surface area contributed by atoms with Gasteiger partial charge in [-0.25, -0.2) is 4.79 Å². The highest BCUT2D eigenvalue weighted by atomic mass is 16.5. The lowest BCUT2D eigenvalue weighted by molar-refractivity contribution is 0.238. The van der Waals surface area contributed by atoms with E-state index in [-0.39, 0.29) is 6.03 Å². The number of nitrogens with one attached hydrogen (secondary N) is 2. The molecule has 2 N–H and O–H groups in total. The minimum atomic E-state index is -0.444. The van der Waals surface area contributed by atoms with E-state index in [0.717, 1.165) is 12.0 Å². The lowest BCUT2D eigenvalue weighted by atomic mass is 9.89. The van der Waals surface area contributed by atoms with E-state index < -0.39 is 5.54 Å². The average molecular weight is 342 g/mol. The molecule has 2 aromatic carbocycles. The molecule has 0 aromatic heterocycles. The molecule has 0 aliphatic rings. The SMILES string of the molecule is CCOc1cc(NC(=O)NC(C)(CC)c2ccccc2)ccc1OC. The van der Waals surface area contributed by atoms with Gasteiger partial charge in [0.15, 0.2) is 11.5 Å². The van der Waals surface area contributed by atoms with Gasteiger partial charge in [0.25, 0.3) is 0 Å². The third-order valence-electron chi connectivity index (χ3n) is 4.23. The first-order chi connectivity index (χ1) is 12.0. The van der Waals surface area contributed by atoms with E-state index in [9.17, 15) is 4.79 Å². The van der Waals surface area contributed by atoms with Crippen molar-refractivity contribution >= 4 is 11.7 Å². The Morgan fingerprint density at radius 1 is 1.08 bits per heavy atom. The fraction of sp³-hybridized carbons (Fsp3) is 0.350. The summed E-state index contributed by atoms with van der Waals surface area (Å²) in [5.41, 5.74) is 1.27. The number of amides is 2. The Morgan fingerprint density at radius 3 is 2.40 bits per heavy atom. The van der Waals surface area contributed by atoms with Crippen molar-refractivity contribution in [1.29, 1.82) is 0 Å². The Bertz CT molecular complexity index is 703. The highest BCUT2D eigenvalue weighted by molar-refractivity contribution is 5.90. The van der Waals surface area contributed by atoms with E-state index in [2.05, 4.69) is 10.6 Å². The first-order valence-electron chi connectivity index (χ1n) is 8.48. The molecule has 0 bridgehead atoms. The molecule has 2 amide bonds. The van der Waals surface area contributed by atoms with Gasteiger partial charge in [-0.05, 0) is 38.0 Å². The van der Waals surface area contributed by atoms with Crippen molar-refractivity contribution in [3.63, 3.8) is 0 Å². The van der Waals surface area contributed by atoms with Crippen LogP contribution in [0.5, 0.6) is 11.5 Å². The van der Waals surface area contributed by atoms with Gasteiger partial charge in [0.2, 0.25) is 0 Å². The van der Waals surface area contributed by atoms with E-state index in [0.29, 0.717) is 23.8 Å². The summed E-state index contributed by atoms with van der Waals surface area (Å²) in [6.07, 6.45) is 0.775. The largest absolute Gasteiger partial charge is 0.493 e. The van der Waals surface area contributed by atoms with Crippen molar-refractivity contribution in [2.24, 2.45) is 0 Å². The van der Waals surface area contributed by atoms with Crippen LogP contribution in [0.25, 0.3) is 0 Å². The smallest absolute Gasteiger partial charge is 0.319 e. The summed E-state index contributed by atoms with van der Waals surface area (Å²) in [6.45, 7) is 6.49. The zero-order chi connectivity index (χ0) is 18.3. The molecule has 0 aliphatic heterocycles. The minimum absolute atomic E-state index is 0.263. The molecule has 2 aromatic rings. The molecule has 134 valence electrons. The van der Waals surface area contributed by atoms with E-state index in [4.69, 9.17) is 9.47 Å². The molecule has 2 rings (SSSR count). The van der Waals surface area contributed by atoms with Crippen LogP contribution in [0.15, 0.2) is 48.5 Å². The van der Waals surface area contributed by atoms with Crippen LogP contribution in [0, 0.1) is 0 Å². The minimum Gasteiger partial charge on any atom is -0.493 e. The first kappa shape index (κ1) is 18.6. The maximum atomic E-state index is 12.5. The molecule has 0 aliphatic carbocycles. The van der Waals surface area contributed by atoms with Crippen LogP contribution >= 0.6 is 0 Å². The lowest BCUT2D eigenvalue weighted by Crippen LogP contribution is -2.45. The number of anilines is 1. The number of ether oxygens (including phenoxy) is 2. The Morgan fingerprint density at radius 2 is 1.80 bits per heavy atom. The van der Waals surface area contributed by atoms with Crippen LogP contribution in [0.3, 0.4) is 0 Å². The summed E-state index contributed by atoms with van der Waals surface area (Å²) in [5, 5.41) is 5.93. The van der Waals surface area contributed by atoms with Gasteiger partial charge in [0.1, 0.15) is 0 Å². The number of benzene rings is 2.